The molecule has 36 heavy (non-hydrogen) atoms. The quantitative estimate of drug-likeness (QED) is 0.242. The summed E-state index contributed by atoms with van der Waals surface area (Å²) >= 11 is 1.35. The van der Waals surface area contributed by atoms with Crippen LogP contribution < -0.4 is 10.1 Å². The number of carbonyl (C=O) groups is 1. The Kier molecular flexibility index (Phi) is 8.44. The monoisotopic (exact) mass is 500 g/mol. The summed E-state index contributed by atoms with van der Waals surface area (Å²) in [6.45, 7) is 8.40. The Bertz CT molecular complexity index is 1270. The average Bonchev–Trinajstić information content (AvgIpc) is 3.33. The molecule has 4 aromatic rings. The maximum Gasteiger partial charge on any atom is 0.234 e. The molecule has 7 heteroatoms. The van der Waals surface area contributed by atoms with Gasteiger partial charge in [-0.15, -0.1) is 10.2 Å². The number of thioether (sulfide) groups is 1. The summed E-state index contributed by atoms with van der Waals surface area (Å²) < 4.78 is 8.18. The standard InChI is InChI=1S/C29H32N4O2S/c1-5-22-11-15-24(16-12-22)30-27(34)19-36-29-32-31-28(33(29)25-9-7-6-8-10-25)21(4)35-26-17-13-23(14-18-26)20(2)3/h6-18,20-21H,5,19H2,1-4H3,(H,30,34). The fraction of sp³-hybridized carbons (Fsp3) is 0.276. The van der Waals surface area contributed by atoms with Gasteiger partial charge in [0.25, 0.3) is 0 Å². The summed E-state index contributed by atoms with van der Waals surface area (Å²) in [6.07, 6.45) is 0.621. The lowest BCUT2D eigenvalue weighted by Gasteiger charge is -2.17. The summed E-state index contributed by atoms with van der Waals surface area (Å²) in [6, 6.07) is 26.0. The maximum absolute atomic E-state index is 12.6. The van der Waals surface area contributed by atoms with Gasteiger partial charge in [0.15, 0.2) is 17.1 Å². The molecular weight excluding hydrogens is 468 g/mol. The van der Waals surface area contributed by atoms with Crippen LogP contribution in [0.5, 0.6) is 5.75 Å². The number of aryl methyl sites for hydroxylation is 1. The van der Waals surface area contributed by atoms with Crippen molar-refractivity contribution in [3.05, 3.63) is 95.8 Å². The van der Waals surface area contributed by atoms with Gasteiger partial charge in [-0.3, -0.25) is 9.36 Å². The second kappa shape index (κ2) is 11.9. The molecule has 1 atom stereocenters. The van der Waals surface area contributed by atoms with Crippen molar-refractivity contribution in [3.8, 4) is 11.4 Å². The molecule has 1 heterocycles. The second-order valence-corrected chi connectivity index (χ2v) is 9.83. The molecule has 0 radical (unpaired) electrons. The van der Waals surface area contributed by atoms with Gasteiger partial charge >= 0.3 is 0 Å². The van der Waals surface area contributed by atoms with Crippen LogP contribution in [0.4, 0.5) is 5.69 Å². The van der Waals surface area contributed by atoms with Crippen molar-refractivity contribution in [2.45, 2.75) is 51.3 Å². The molecule has 0 fully saturated rings. The number of anilines is 1. The van der Waals surface area contributed by atoms with E-state index in [9.17, 15) is 4.79 Å². The second-order valence-electron chi connectivity index (χ2n) is 8.88. The third-order valence-electron chi connectivity index (χ3n) is 5.87. The first kappa shape index (κ1) is 25.5. The van der Waals surface area contributed by atoms with E-state index in [0.717, 1.165) is 23.5 Å². The Morgan fingerprint density at radius 3 is 2.28 bits per heavy atom. The number of aromatic nitrogens is 3. The van der Waals surface area contributed by atoms with Crippen LogP contribution in [0.25, 0.3) is 5.69 Å². The fourth-order valence-corrected chi connectivity index (χ4v) is 4.56. The minimum atomic E-state index is -0.345. The molecule has 1 N–H and O–H groups in total. The van der Waals surface area contributed by atoms with Crippen LogP contribution >= 0.6 is 11.8 Å². The van der Waals surface area contributed by atoms with Gasteiger partial charge in [-0.25, -0.2) is 0 Å². The molecule has 186 valence electrons. The largest absolute Gasteiger partial charge is 0.483 e. The molecule has 3 aromatic carbocycles. The van der Waals surface area contributed by atoms with Crippen LogP contribution in [0.2, 0.25) is 0 Å². The molecule has 6 nitrogen and oxygen atoms in total. The van der Waals surface area contributed by atoms with Gasteiger partial charge in [-0.05, 0) is 66.8 Å². The van der Waals surface area contributed by atoms with Crippen molar-refractivity contribution in [1.82, 2.24) is 14.8 Å². The molecule has 1 aromatic heterocycles. The predicted molar refractivity (Wildman–Crippen MR) is 146 cm³/mol. The van der Waals surface area contributed by atoms with E-state index in [1.54, 1.807) is 0 Å². The molecule has 0 aliphatic heterocycles. The van der Waals surface area contributed by atoms with E-state index in [0.29, 0.717) is 16.9 Å². The molecule has 1 amide bonds. The number of amides is 1. The van der Waals surface area contributed by atoms with Gasteiger partial charge in [0.05, 0.1) is 5.75 Å². The third-order valence-corrected chi connectivity index (χ3v) is 6.80. The van der Waals surface area contributed by atoms with Crippen LogP contribution in [0.15, 0.2) is 84.0 Å². The van der Waals surface area contributed by atoms with Crippen molar-refractivity contribution in [3.63, 3.8) is 0 Å². The fourth-order valence-electron chi connectivity index (χ4n) is 3.80. The predicted octanol–water partition coefficient (Wildman–Crippen LogP) is 6.82. The summed E-state index contributed by atoms with van der Waals surface area (Å²) in [4.78, 5) is 12.6. The van der Waals surface area contributed by atoms with E-state index in [-0.39, 0.29) is 17.8 Å². The van der Waals surface area contributed by atoms with Crippen molar-refractivity contribution >= 4 is 23.4 Å². The van der Waals surface area contributed by atoms with Crippen LogP contribution in [0.1, 0.15) is 56.7 Å². The Labute approximate surface area is 217 Å². The summed E-state index contributed by atoms with van der Waals surface area (Å²) in [7, 11) is 0. The number of nitrogens with one attached hydrogen (secondary N) is 1. The summed E-state index contributed by atoms with van der Waals surface area (Å²) in [5.74, 6) is 2.03. The van der Waals surface area contributed by atoms with Gasteiger partial charge in [-0.2, -0.15) is 0 Å². The van der Waals surface area contributed by atoms with Crippen LogP contribution in [0.3, 0.4) is 0 Å². The summed E-state index contributed by atoms with van der Waals surface area (Å²) in [5, 5.41) is 12.5. The molecule has 0 saturated heterocycles. The molecule has 0 aliphatic rings. The minimum Gasteiger partial charge on any atom is -0.483 e. The lowest BCUT2D eigenvalue weighted by Crippen LogP contribution is -2.15. The molecule has 0 aliphatic carbocycles. The van der Waals surface area contributed by atoms with Crippen molar-refractivity contribution in [2.75, 3.05) is 11.1 Å². The van der Waals surface area contributed by atoms with E-state index in [2.05, 4.69) is 48.4 Å². The molecule has 0 spiro atoms. The third kappa shape index (κ3) is 6.34. The number of benzene rings is 3. The van der Waals surface area contributed by atoms with Crippen LogP contribution in [-0.4, -0.2) is 26.4 Å². The van der Waals surface area contributed by atoms with Crippen molar-refractivity contribution in [2.24, 2.45) is 0 Å². The zero-order valence-corrected chi connectivity index (χ0v) is 22.0. The Morgan fingerprint density at radius 1 is 0.944 bits per heavy atom. The number of nitrogens with zero attached hydrogens (tertiary/aromatic N) is 3. The zero-order valence-electron chi connectivity index (χ0n) is 21.1. The van der Waals surface area contributed by atoms with E-state index in [1.807, 2.05) is 78.2 Å². The van der Waals surface area contributed by atoms with Crippen LogP contribution in [-0.2, 0) is 11.2 Å². The topological polar surface area (TPSA) is 69.0 Å². The van der Waals surface area contributed by atoms with E-state index in [1.165, 1.54) is 22.9 Å². The molecule has 1 unspecified atom stereocenters. The van der Waals surface area contributed by atoms with E-state index in [4.69, 9.17) is 4.74 Å². The van der Waals surface area contributed by atoms with E-state index >= 15 is 0 Å². The smallest absolute Gasteiger partial charge is 0.234 e. The van der Waals surface area contributed by atoms with Crippen molar-refractivity contribution < 1.29 is 9.53 Å². The van der Waals surface area contributed by atoms with E-state index < -0.39 is 0 Å². The molecule has 0 saturated carbocycles. The van der Waals surface area contributed by atoms with Gasteiger partial charge in [-0.1, -0.05) is 75.0 Å². The Balaban J connectivity index is 1.50. The number of rotatable bonds is 10. The number of hydrogen-bond donors (Lipinski definition) is 1. The minimum absolute atomic E-state index is 0.0945. The van der Waals surface area contributed by atoms with Crippen LogP contribution in [0, 0.1) is 0 Å². The lowest BCUT2D eigenvalue weighted by molar-refractivity contribution is -0.113. The maximum atomic E-state index is 12.6. The zero-order chi connectivity index (χ0) is 25.5. The number of para-hydroxylation sites is 1. The lowest BCUT2D eigenvalue weighted by atomic mass is 10.0. The average molecular weight is 501 g/mol. The van der Waals surface area contributed by atoms with Gasteiger partial charge < -0.3 is 10.1 Å². The number of ether oxygens (including phenoxy) is 1. The first-order valence-electron chi connectivity index (χ1n) is 12.2. The highest BCUT2D eigenvalue weighted by molar-refractivity contribution is 7.99. The van der Waals surface area contributed by atoms with Crippen molar-refractivity contribution in [1.29, 1.82) is 0 Å². The van der Waals surface area contributed by atoms with Gasteiger partial charge in [0.1, 0.15) is 5.75 Å². The normalized spacial score (nSPS) is 11.9. The first-order chi connectivity index (χ1) is 17.4. The SMILES string of the molecule is CCc1ccc(NC(=O)CSc2nnc(C(C)Oc3ccc(C(C)C)cc3)n2-c2ccccc2)cc1. The number of carbonyl (C=O) groups excluding carboxylic acids is 1. The Morgan fingerprint density at radius 2 is 1.64 bits per heavy atom. The molecular formula is C29H32N4O2S. The highest BCUT2D eigenvalue weighted by Crippen LogP contribution is 2.28. The highest BCUT2D eigenvalue weighted by atomic mass is 32.2. The first-order valence-corrected chi connectivity index (χ1v) is 13.2. The molecule has 4 rings (SSSR count). The highest BCUT2D eigenvalue weighted by Gasteiger charge is 2.21. The Hall–Kier alpha value is -3.58. The van der Waals surface area contributed by atoms with Gasteiger partial charge in [0.2, 0.25) is 5.91 Å². The van der Waals surface area contributed by atoms with Gasteiger partial charge in [0, 0.05) is 11.4 Å². The number of hydrogen-bond acceptors (Lipinski definition) is 5. The molecule has 0 bridgehead atoms. The summed E-state index contributed by atoms with van der Waals surface area (Å²) in [5.41, 5.74) is 4.20.